The lowest BCUT2D eigenvalue weighted by Crippen LogP contribution is -2.25. The highest BCUT2D eigenvalue weighted by molar-refractivity contribution is 6.31. The topological polar surface area (TPSA) is 75.4 Å². The Morgan fingerprint density at radius 2 is 2.38 bits per heavy atom. The molecule has 0 saturated carbocycles. The van der Waals surface area contributed by atoms with Gasteiger partial charge >= 0.3 is 5.97 Å². The molecule has 1 aromatic carbocycles. The molecule has 16 heavy (non-hydrogen) atoms. The number of carboxylic acids is 1. The highest BCUT2D eigenvalue weighted by Gasteiger charge is 2.14. The van der Waals surface area contributed by atoms with E-state index in [1.165, 1.54) is 6.92 Å². The zero-order valence-corrected chi connectivity index (χ0v) is 9.15. The number of carboxylic acid groups (broad SMARTS) is 1. The van der Waals surface area contributed by atoms with Crippen molar-refractivity contribution in [1.29, 1.82) is 0 Å². The molecule has 5 nitrogen and oxygen atoms in total. The van der Waals surface area contributed by atoms with Crippen LogP contribution in [-0.4, -0.2) is 22.1 Å². The van der Waals surface area contributed by atoms with E-state index >= 15 is 0 Å². The SMILES string of the molecule is C[C@@H](Nc1nc2cc(Cl)ccc2o1)C(=O)O. The first-order chi connectivity index (χ1) is 7.56. The van der Waals surface area contributed by atoms with Crippen LogP contribution in [0.15, 0.2) is 22.6 Å². The van der Waals surface area contributed by atoms with Gasteiger partial charge < -0.3 is 14.8 Å². The number of anilines is 1. The number of fused-ring (bicyclic) bond motifs is 1. The molecule has 2 N–H and O–H groups in total. The van der Waals surface area contributed by atoms with Gasteiger partial charge in [0.25, 0.3) is 6.01 Å². The largest absolute Gasteiger partial charge is 0.480 e. The van der Waals surface area contributed by atoms with Crippen LogP contribution in [0.3, 0.4) is 0 Å². The summed E-state index contributed by atoms with van der Waals surface area (Å²) in [6.07, 6.45) is 0. The Labute approximate surface area is 96.0 Å². The number of hydrogen-bond donors (Lipinski definition) is 2. The quantitative estimate of drug-likeness (QED) is 0.861. The number of nitrogens with one attached hydrogen (secondary N) is 1. The van der Waals surface area contributed by atoms with E-state index in [0.717, 1.165) is 0 Å². The summed E-state index contributed by atoms with van der Waals surface area (Å²) in [6, 6.07) is 4.42. The number of benzene rings is 1. The van der Waals surface area contributed by atoms with Crippen LogP contribution in [0.25, 0.3) is 11.1 Å². The summed E-state index contributed by atoms with van der Waals surface area (Å²) in [6.45, 7) is 1.50. The standard InChI is InChI=1S/C10H9ClN2O3/c1-5(9(14)15)12-10-13-7-4-6(11)2-3-8(7)16-10/h2-5H,1H3,(H,12,13)(H,14,15)/t5-/m1/s1. The lowest BCUT2D eigenvalue weighted by Gasteiger charge is -2.04. The molecule has 2 aromatic rings. The van der Waals surface area contributed by atoms with E-state index in [0.29, 0.717) is 16.1 Å². The first kappa shape index (κ1) is 10.8. The van der Waals surface area contributed by atoms with Gasteiger partial charge in [0.2, 0.25) is 0 Å². The van der Waals surface area contributed by atoms with Crippen molar-refractivity contribution in [2.24, 2.45) is 0 Å². The second-order valence-corrected chi connectivity index (χ2v) is 3.77. The maximum absolute atomic E-state index is 10.6. The lowest BCUT2D eigenvalue weighted by molar-refractivity contribution is -0.137. The number of aromatic nitrogens is 1. The molecule has 1 aromatic heterocycles. The smallest absolute Gasteiger partial charge is 0.325 e. The Balaban J connectivity index is 2.29. The fraction of sp³-hybridized carbons (Fsp3) is 0.200. The predicted molar refractivity (Wildman–Crippen MR) is 59.7 cm³/mol. The molecule has 0 aliphatic rings. The summed E-state index contributed by atoms with van der Waals surface area (Å²) in [5.41, 5.74) is 1.15. The van der Waals surface area contributed by atoms with Crippen molar-refractivity contribution in [3.8, 4) is 0 Å². The van der Waals surface area contributed by atoms with Gasteiger partial charge in [-0.05, 0) is 25.1 Å². The van der Waals surface area contributed by atoms with E-state index in [9.17, 15) is 4.79 Å². The molecule has 2 rings (SSSR count). The molecule has 6 heteroatoms. The summed E-state index contributed by atoms with van der Waals surface area (Å²) < 4.78 is 5.30. The Kier molecular flexibility index (Phi) is 2.70. The molecular formula is C10H9ClN2O3. The molecule has 0 amide bonds. The molecule has 0 spiro atoms. The molecule has 0 unspecified atom stereocenters. The van der Waals surface area contributed by atoms with Crippen LogP contribution >= 0.6 is 11.6 Å². The molecule has 0 radical (unpaired) electrons. The normalized spacial score (nSPS) is 12.6. The Bertz CT molecular complexity index is 538. The average Bonchev–Trinajstić information content (AvgIpc) is 2.58. The highest BCUT2D eigenvalue weighted by atomic mass is 35.5. The maximum Gasteiger partial charge on any atom is 0.325 e. The van der Waals surface area contributed by atoms with Gasteiger partial charge in [0.05, 0.1) is 0 Å². The molecule has 84 valence electrons. The van der Waals surface area contributed by atoms with Crippen molar-refractivity contribution in [3.63, 3.8) is 0 Å². The van der Waals surface area contributed by atoms with Crippen molar-refractivity contribution < 1.29 is 14.3 Å². The van der Waals surface area contributed by atoms with E-state index in [1.54, 1.807) is 18.2 Å². The second kappa shape index (κ2) is 4.02. The van der Waals surface area contributed by atoms with Crippen molar-refractivity contribution in [2.75, 3.05) is 5.32 Å². The molecule has 0 aliphatic heterocycles. The molecule has 0 aliphatic carbocycles. The van der Waals surface area contributed by atoms with Crippen LogP contribution < -0.4 is 5.32 Å². The van der Waals surface area contributed by atoms with Gasteiger partial charge in [0.15, 0.2) is 5.58 Å². The molecule has 1 atom stereocenters. The summed E-state index contributed by atoms with van der Waals surface area (Å²) in [5, 5.41) is 11.9. The number of halogens is 1. The van der Waals surface area contributed by atoms with E-state index in [1.807, 2.05) is 0 Å². The Hall–Kier alpha value is -1.75. The average molecular weight is 241 g/mol. The first-order valence-electron chi connectivity index (χ1n) is 4.61. The van der Waals surface area contributed by atoms with Gasteiger partial charge in [-0.3, -0.25) is 4.79 Å². The van der Waals surface area contributed by atoms with Crippen molar-refractivity contribution in [2.45, 2.75) is 13.0 Å². The van der Waals surface area contributed by atoms with Crippen LogP contribution in [-0.2, 0) is 4.79 Å². The third-order valence-electron chi connectivity index (χ3n) is 2.06. The van der Waals surface area contributed by atoms with Gasteiger partial charge in [-0.2, -0.15) is 4.98 Å². The number of oxazole rings is 1. The molecule has 1 heterocycles. The maximum atomic E-state index is 10.6. The monoisotopic (exact) mass is 240 g/mol. The number of hydrogen-bond acceptors (Lipinski definition) is 4. The van der Waals surface area contributed by atoms with Crippen LogP contribution in [0, 0.1) is 0 Å². The van der Waals surface area contributed by atoms with Crippen LogP contribution in [0.2, 0.25) is 5.02 Å². The van der Waals surface area contributed by atoms with Gasteiger partial charge in [-0.1, -0.05) is 11.6 Å². The molecule has 0 fully saturated rings. The van der Waals surface area contributed by atoms with Crippen LogP contribution in [0.1, 0.15) is 6.92 Å². The molecule has 0 bridgehead atoms. The molecular weight excluding hydrogens is 232 g/mol. The number of rotatable bonds is 3. The van der Waals surface area contributed by atoms with E-state index < -0.39 is 12.0 Å². The van der Waals surface area contributed by atoms with Crippen LogP contribution in [0.4, 0.5) is 6.01 Å². The summed E-state index contributed by atoms with van der Waals surface area (Å²) in [7, 11) is 0. The van der Waals surface area contributed by atoms with E-state index in [4.69, 9.17) is 21.1 Å². The number of carbonyl (C=O) groups is 1. The van der Waals surface area contributed by atoms with Gasteiger partial charge in [-0.15, -0.1) is 0 Å². The van der Waals surface area contributed by atoms with Gasteiger partial charge in [-0.25, -0.2) is 0 Å². The number of nitrogens with zero attached hydrogens (tertiary/aromatic N) is 1. The molecule has 0 saturated heterocycles. The minimum atomic E-state index is -0.972. The summed E-state index contributed by atoms with van der Waals surface area (Å²) in [4.78, 5) is 14.7. The minimum absolute atomic E-state index is 0.173. The number of aliphatic carboxylic acids is 1. The van der Waals surface area contributed by atoms with Crippen LogP contribution in [0.5, 0.6) is 0 Å². The fourth-order valence-electron chi connectivity index (χ4n) is 1.21. The fourth-order valence-corrected chi connectivity index (χ4v) is 1.38. The minimum Gasteiger partial charge on any atom is -0.480 e. The Morgan fingerprint density at radius 1 is 1.62 bits per heavy atom. The van der Waals surface area contributed by atoms with Gasteiger partial charge in [0, 0.05) is 5.02 Å². The second-order valence-electron chi connectivity index (χ2n) is 3.34. The third-order valence-corrected chi connectivity index (χ3v) is 2.30. The van der Waals surface area contributed by atoms with Crippen molar-refractivity contribution in [1.82, 2.24) is 4.98 Å². The summed E-state index contributed by atoms with van der Waals surface area (Å²) in [5.74, 6) is -0.972. The van der Waals surface area contributed by atoms with E-state index in [-0.39, 0.29) is 6.01 Å². The first-order valence-corrected chi connectivity index (χ1v) is 4.99. The predicted octanol–water partition coefficient (Wildman–Crippen LogP) is 2.37. The van der Waals surface area contributed by atoms with Crippen molar-refractivity contribution >= 4 is 34.7 Å². The van der Waals surface area contributed by atoms with E-state index in [2.05, 4.69) is 10.3 Å². The van der Waals surface area contributed by atoms with Gasteiger partial charge in [0.1, 0.15) is 11.6 Å². The zero-order chi connectivity index (χ0) is 11.7. The lowest BCUT2D eigenvalue weighted by atomic mass is 10.3. The highest BCUT2D eigenvalue weighted by Crippen LogP contribution is 2.22. The van der Waals surface area contributed by atoms with Crippen molar-refractivity contribution in [3.05, 3.63) is 23.2 Å². The Morgan fingerprint density at radius 3 is 3.06 bits per heavy atom. The summed E-state index contributed by atoms with van der Waals surface area (Å²) >= 11 is 5.79. The third kappa shape index (κ3) is 2.09. The zero-order valence-electron chi connectivity index (χ0n) is 8.40.